The Balaban J connectivity index is 2.48. The van der Waals surface area contributed by atoms with Gasteiger partial charge in [0.25, 0.3) is 0 Å². The molecule has 2 N–H and O–H groups in total. The summed E-state index contributed by atoms with van der Waals surface area (Å²) < 4.78 is 6.98. The number of hydrogen-bond acceptors (Lipinski definition) is 6. The van der Waals surface area contributed by atoms with E-state index in [-0.39, 0.29) is 4.96 Å². The predicted octanol–water partition coefficient (Wildman–Crippen LogP) is 1.32. The summed E-state index contributed by atoms with van der Waals surface area (Å²) in [7, 11) is 1.52. The van der Waals surface area contributed by atoms with E-state index in [1.54, 1.807) is 18.2 Å². The van der Waals surface area contributed by atoms with E-state index in [0.29, 0.717) is 16.0 Å². The topological polar surface area (TPSA) is 101 Å². The lowest BCUT2D eigenvalue weighted by atomic mass is 10.3. The molecule has 2 heterocycles. The van der Waals surface area contributed by atoms with E-state index >= 15 is 0 Å². The Morgan fingerprint density at radius 3 is 2.85 bits per heavy atom. The Hall–Kier alpha value is -2.61. The van der Waals surface area contributed by atoms with E-state index in [4.69, 9.17) is 9.84 Å². The van der Waals surface area contributed by atoms with Gasteiger partial charge in [0, 0.05) is 0 Å². The van der Waals surface area contributed by atoms with E-state index in [0.717, 1.165) is 11.3 Å². The smallest absolute Gasteiger partial charge is 0.358 e. The van der Waals surface area contributed by atoms with Crippen LogP contribution in [-0.4, -0.2) is 32.7 Å². The average Bonchev–Trinajstić information content (AvgIpc) is 2.79. The lowest BCUT2D eigenvalue weighted by molar-refractivity contribution is 0.0687. The van der Waals surface area contributed by atoms with Crippen molar-refractivity contribution in [3.63, 3.8) is 0 Å². The number of aromatic hydroxyl groups is 1. The maximum Gasteiger partial charge on any atom is 0.358 e. The van der Waals surface area contributed by atoms with E-state index in [1.807, 2.05) is 0 Å². The van der Waals surface area contributed by atoms with Crippen molar-refractivity contribution in [3.05, 3.63) is 34.2 Å². The van der Waals surface area contributed by atoms with Gasteiger partial charge < -0.3 is 14.9 Å². The number of ether oxygens (including phenoxy) is 1. The molecule has 0 aliphatic carbocycles. The van der Waals surface area contributed by atoms with Crippen molar-refractivity contribution in [3.8, 4) is 11.5 Å². The molecule has 3 aromatic rings. The number of benzene rings is 1. The fraction of sp³-hybridized carbons (Fsp3) is 0.0833. The third-order valence-corrected chi connectivity index (χ3v) is 3.84. The highest BCUT2D eigenvalue weighted by Crippen LogP contribution is 2.28. The van der Waals surface area contributed by atoms with Crippen molar-refractivity contribution >= 4 is 32.5 Å². The summed E-state index contributed by atoms with van der Waals surface area (Å²) in [6.45, 7) is 0. The largest absolute Gasteiger partial charge is 0.501 e. The maximum absolute atomic E-state index is 12.1. The van der Waals surface area contributed by atoms with Crippen molar-refractivity contribution in [1.29, 1.82) is 0 Å². The molecule has 0 unspecified atom stereocenters. The molecule has 2 aromatic heterocycles. The second-order valence-electron chi connectivity index (χ2n) is 3.97. The van der Waals surface area contributed by atoms with Crippen LogP contribution in [0.1, 0.15) is 10.5 Å². The van der Waals surface area contributed by atoms with Gasteiger partial charge in [-0.1, -0.05) is 11.3 Å². The predicted molar refractivity (Wildman–Crippen MR) is 72.0 cm³/mol. The molecule has 0 aliphatic rings. The maximum atomic E-state index is 12.1. The summed E-state index contributed by atoms with van der Waals surface area (Å²) in [6, 6.07) is 5.04. The summed E-state index contributed by atoms with van der Waals surface area (Å²) in [5.41, 5.74) is -0.909. The standard InChI is InChI=1S/C12H8N2O5S/c1-19-5-2-3-6-7(4-5)20-12-13-8(11(17)18)9(15)10(16)14(6)12/h2-4,15H,1H3,(H,17,18). The normalized spacial score (nSPS) is 11.1. The van der Waals surface area contributed by atoms with Crippen molar-refractivity contribution in [1.82, 2.24) is 9.38 Å². The van der Waals surface area contributed by atoms with Crippen LogP contribution in [-0.2, 0) is 0 Å². The summed E-state index contributed by atoms with van der Waals surface area (Å²) >= 11 is 1.14. The van der Waals surface area contributed by atoms with Gasteiger partial charge in [-0.3, -0.25) is 4.79 Å². The first-order valence-electron chi connectivity index (χ1n) is 5.48. The Morgan fingerprint density at radius 1 is 1.45 bits per heavy atom. The van der Waals surface area contributed by atoms with E-state index < -0.39 is 23.0 Å². The van der Waals surface area contributed by atoms with Crippen LogP contribution in [0.2, 0.25) is 0 Å². The quantitative estimate of drug-likeness (QED) is 0.738. The molecule has 0 saturated heterocycles. The number of carbonyl (C=O) groups is 1. The van der Waals surface area contributed by atoms with Gasteiger partial charge in [-0.05, 0) is 18.2 Å². The van der Waals surface area contributed by atoms with Gasteiger partial charge in [0.05, 0.1) is 17.3 Å². The van der Waals surface area contributed by atoms with Crippen molar-refractivity contribution in [2.45, 2.75) is 0 Å². The van der Waals surface area contributed by atoms with Gasteiger partial charge in [-0.15, -0.1) is 0 Å². The van der Waals surface area contributed by atoms with E-state index in [9.17, 15) is 14.7 Å². The van der Waals surface area contributed by atoms with E-state index in [1.165, 1.54) is 11.5 Å². The number of carboxylic acid groups (broad SMARTS) is 1. The molecule has 0 fully saturated rings. The third-order valence-electron chi connectivity index (χ3n) is 2.84. The fourth-order valence-corrected chi connectivity index (χ4v) is 2.95. The van der Waals surface area contributed by atoms with Gasteiger partial charge in [0.15, 0.2) is 10.7 Å². The van der Waals surface area contributed by atoms with Crippen molar-refractivity contribution in [2.75, 3.05) is 7.11 Å². The number of hydrogen-bond donors (Lipinski definition) is 2. The zero-order chi connectivity index (χ0) is 14.4. The molecule has 0 aliphatic heterocycles. The van der Waals surface area contributed by atoms with Crippen LogP contribution in [0.3, 0.4) is 0 Å². The lowest BCUT2D eigenvalue weighted by Crippen LogP contribution is -2.17. The summed E-state index contributed by atoms with van der Waals surface area (Å²) in [5, 5.41) is 18.6. The first kappa shape index (κ1) is 12.4. The summed E-state index contributed by atoms with van der Waals surface area (Å²) in [6.07, 6.45) is 0. The molecular weight excluding hydrogens is 284 g/mol. The van der Waals surface area contributed by atoms with Gasteiger partial charge in [-0.2, -0.15) is 0 Å². The molecule has 8 heteroatoms. The number of carboxylic acids is 1. The van der Waals surface area contributed by atoms with Crippen LogP contribution >= 0.6 is 11.3 Å². The van der Waals surface area contributed by atoms with Crippen LogP contribution in [0, 0.1) is 0 Å². The van der Waals surface area contributed by atoms with Crippen LogP contribution in [0.25, 0.3) is 15.2 Å². The van der Waals surface area contributed by atoms with E-state index in [2.05, 4.69) is 4.98 Å². The Morgan fingerprint density at radius 2 is 2.20 bits per heavy atom. The van der Waals surface area contributed by atoms with Crippen molar-refractivity contribution in [2.24, 2.45) is 0 Å². The third kappa shape index (κ3) is 1.62. The highest BCUT2D eigenvalue weighted by molar-refractivity contribution is 7.23. The molecule has 0 saturated carbocycles. The highest BCUT2D eigenvalue weighted by Gasteiger charge is 2.20. The molecule has 1 aromatic carbocycles. The summed E-state index contributed by atoms with van der Waals surface area (Å²) in [5.74, 6) is -1.71. The molecular formula is C12H8N2O5S. The number of rotatable bonds is 2. The fourth-order valence-electron chi connectivity index (χ4n) is 1.91. The van der Waals surface area contributed by atoms with Crippen LogP contribution in [0.4, 0.5) is 0 Å². The van der Waals surface area contributed by atoms with Crippen LogP contribution in [0.5, 0.6) is 11.5 Å². The zero-order valence-corrected chi connectivity index (χ0v) is 11.0. The molecule has 3 rings (SSSR count). The number of nitrogens with zero attached hydrogens (tertiary/aromatic N) is 2. The minimum Gasteiger partial charge on any atom is -0.501 e. The molecule has 0 amide bonds. The molecule has 20 heavy (non-hydrogen) atoms. The molecule has 0 bridgehead atoms. The Kier molecular flexibility index (Phi) is 2.61. The first-order chi connectivity index (χ1) is 9.52. The SMILES string of the molecule is COc1ccc2c(c1)sc1nc(C(=O)O)c(O)c(=O)n12. The second-order valence-corrected chi connectivity index (χ2v) is 4.98. The molecule has 0 radical (unpaired) electrons. The molecule has 0 spiro atoms. The first-order valence-corrected chi connectivity index (χ1v) is 6.30. The average molecular weight is 292 g/mol. The number of fused-ring (bicyclic) bond motifs is 3. The van der Waals surface area contributed by atoms with Gasteiger partial charge >= 0.3 is 11.5 Å². The lowest BCUT2D eigenvalue weighted by Gasteiger charge is -2.00. The van der Waals surface area contributed by atoms with Gasteiger partial charge in [0.2, 0.25) is 5.75 Å². The van der Waals surface area contributed by atoms with Gasteiger partial charge in [0.1, 0.15) is 5.75 Å². The molecule has 102 valence electrons. The molecule has 7 nitrogen and oxygen atoms in total. The minimum atomic E-state index is -1.45. The zero-order valence-electron chi connectivity index (χ0n) is 10.2. The number of thiazole rings is 1. The Labute approximate surface area is 115 Å². The van der Waals surface area contributed by atoms with Crippen LogP contribution < -0.4 is 10.3 Å². The minimum absolute atomic E-state index is 0.202. The highest BCUT2D eigenvalue weighted by atomic mass is 32.1. The number of aromatic nitrogens is 2. The van der Waals surface area contributed by atoms with Crippen molar-refractivity contribution < 1.29 is 19.7 Å². The van der Waals surface area contributed by atoms with Crippen LogP contribution in [0.15, 0.2) is 23.0 Å². The molecule has 0 atom stereocenters. The summed E-state index contributed by atoms with van der Waals surface area (Å²) in [4.78, 5) is 27.0. The second kappa shape index (κ2) is 4.20. The van der Waals surface area contributed by atoms with Gasteiger partial charge in [-0.25, -0.2) is 14.2 Å². The number of methoxy groups -OCH3 is 1. The monoisotopic (exact) mass is 292 g/mol. The Bertz CT molecular complexity index is 911. The number of aromatic carboxylic acids is 1.